The standard InChI is InChI=1S/C23H17F3N4O2/c24-23(25,26)14-4-3-5-16(12-14)30(22(28)32)15-10-8-13(9-11-15)19-17-6-1-2-7-18(17)29-20(19)21(27)31/h1-12,29H,(H2,27,31)(H2,28,32). The van der Waals surface area contributed by atoms with Gasteiger partial charge in [-0.25, -0.2) is 4.79 Å². The van der Waals surface area contributed by atoms with E-state index in [9.17, 15) is 22.8 Å². The lowest BCUT2D eigenvalue weighted by molar-refractivity contribution is -0.137. The van der Waals surface area contributed by atoms with Crippen molar-refractivity contribution in [3.63, 3.8) is 0 Å². The Kier molecular flexibility index (Phi) is 5.09. The number of primary amides is 2. The number of aromatic amines is 1. The minimum absolute atomic E-state index is 0.0232. The number of carbonyl (C=O) groups excluding carboxylic acids is 2. The summed E-state index contributed by atoms with van der Waals surface area (Å²) >= 11 is 0. The Hall–Kier alpha value is -4.27. The van der Waals surface area contributed by atoms with E-state index in [1.807, 2.05) is 24.3 Å². The zero-order valence-electron chi connectivity index (χ0n) is 16.5. The number of alkyl halides is 3. The van der Waals surface area contributed by atoms with Gasteiger partial charge in [0.25, 0.3) is 5.91 Å². The maximum Gasteiger partial charge on any atom is 0.416 e. The molecular formula is C23H17F3N4O2. The summed E-state index contributed by atoms with van der Waals surface area (Å²) in [5.41, 5.74) is 12.5. The fourth-order valence-corrected chi connectivity index (χ4v) is 3.63. The summed E-state index contributed by atoms with van der Waals surface area (Å²) in [4.78, 5) is 28.0. The Morgan fingerprint density at radius 2 is 1.53 bits per heavy atom. The van der Waals surface area contributed by atoms with Crippen LogP contribution in [-0.2, 0) is 6.18 Å². The van der Waals surface area contributed by atoms with Crippen molar-refractivity contribution in [3.05, 3.63) is 84.1 Å². The van der Waals surface area contributed by atoms with Gasteiger partial charge >= 0.3 is 12.2 Å². The Bertz CT molecular complexity index is 1330. The van der Waals surface area contributed by atoms with E-state index in [-0.39, 0.29) is 17.1 Å². The van der Waals surface area contributed by atoms with Crippen LogP contribution in [0.4, 0.5) is 29.3 Å². The molecule has 0 aliphatic rings. The third kappa shape index (κ3) is 3.76. The van der Waals surface area contributed by atoms with Gasteiger partial charge in [0.2, 0.25) is 0 Å². The minimum Gasteiger partial charge on any atom is -0.364 e. The van der Waals surface area contributed by atoms with E-state index in [1.54, 1.807) is 12.1 Å². The second-order valence-electron chi connectivity index (χ2n) is 7.05. The quantitative estimate of drug-likeness (QED) is 0.409. The van der Waals surface area contributed by atoms with Gasteiger partial charge in [-0.1, -0.05) is 36.4 Å². The number of carbonyl (C=O) groups is 2. The van der Waals surface area contributed by atoms with E-state index in [4.69, 9.17) is 11.5 Å². The molecule has 5 N–H and O–H groups in total. The third-order valence-electron chi connectivity index (χ3n) is 5.02. The third-order valence-corrected chi connectivity index (χ3v) is 5.02. The first-order chi connectivity index (χ1) is 15.2. The molecule has 0 spiro atoms. The number of anilines is 2. The number of para-hydroxylation sites is 1. The van der Waals surface area contributed by atoms with Gasteiger partial charge < -0.3 is 16.5 Å². The summed E-state index contributed by atoms with van der Waals surface area (Å²) in [5.74, 6) is -0.636. The summed E-state index contributed by atoms with van der Waals surface area (Å²) in [6.07, 6.45) is -4.57. The van der Waals surface area contributed by atoms with Crippen molar-refractivity contribution in [1.29, 1.82) is 0 Å². The second kappa shape index (κ2) is 7.77. The number of rotatable bonds is 4. The lowest BCUT2D eigenvalue weighted by Gasteiger charge is -2.22. The summed E-state index contributed by atoms with van der Waals surface area (Å²) in [7, 11) is 0. The Labute approximate surface area is 180 Å². The molecule has 6 nitrogen and oxygen atoms in total. The highest BCUT2D eigenvalue weighted by Gasteiger charge is 2.31. The van der Waals surface area contributed by atoms with Crippen LogP contribution in [0.3, 0.4) is 0 Å². The number of hydrogen-bond acceptors (Lipinski definition) is 2. The van der Waals surface area contributed by atoms with Crippen molar-refractivity contribution in [2.45, 2.75) is 6.18 Å². The molecule has 0 saturated heterocycles. The number of nitrogens with zero attached hydrogens (tertiary/aromatic N) is 1. The number of H-pyrrole nitrogens is 1. The minimum atomic E-state index is -4.57. The number of nitrogens with one attached hydrogen (secondary N) is 1. The van der Waals surface area contributed by atoms with Gasteiger partial charge in [-0.15, -0.1) is 0 Å². The highest BCUT2D eigenvalue weighted by molar-refractivity contribution is 6.09. The Balaban J connectivity index is 1.78. The molecule has 0 unspecified atom stereocenters. The molecule has 162 valence electrons. The van der Waals surface area contributed by atoms with E-state index in [1.165, 1.54) is 24.3 Å². The number of amides is 3. The van der Waals surface area contributed by atoms with E-state index in [0.29, 0.717) is 11.1 Å². The van der Waals surface area contributed by atoms with Crippen LogP contribution < -0.4 is 16.4 Å². The van der Waals surface area contributed by atoms with Crippen molar-refractivity contribution >= 4 is 34.2 Å². The lowest BCUT2D eigenvalue weighted by atomic mass is 10.0. The molecule has 3 amide bonds. The first-order valence-corrected chi connectivity index (χ1v) is 9.44. The molecule has 0 saturated carbocycles. The van der Waals surface area contributed by atoms with Crippen LogP contribution in [0.2, 0.25) is 0 Å². The van der Waals surface area contributed by atoms with Gasteiger partial charge in [-0.3, -0.25) is 9.69 Å². The second-order valence-corrected chi connectivity index (χ2v) is 7.05. The van der Waals surface area contributed by atoms with E-state index < -0.39 is 23.7 Å². The van der Waals surface area contributed by atoms with E-state index >= 15 is 0 Å². The molecule has 0 aliphatic carbocycles. The van der Waals surface area contributed by atoms with Crippen LogP contribution in [0.5, 0.6) is 0 Å². The molecular weight excluding hydrogens is 421 g/mol. The van der Waals surface area contributed by atoms with Crippen molar-refractivity contribution in [2.75, 3.05) is 4.90 Å². The van der Waals surface area contributed by atoms with Crippen molar-refractivity contribution < 1.29 is 22.8 Å². The topological polar surface area (TPSA) is 105 Å². The van der Waals surface area contributed by atoms with Gasteiger partial charge in [-0.05, 0) is 42.0 Å². The number of hydrogen-bond donors (Lipinski definition) is 3. The molecule has 0 radical (unpaired) electrons. The largest absolute Gasteiger partial charge is 0.416 e. The van der Waals surface area contributed by atoms with E-state index in [2.05, 4.69) is 4.98 Å². The molecule has 0 fully saturated rings. The van der Waals surface area contributed by atoms with E-state index in [0.717, 1.165) is 27.9 Å². The summed E-state index contributed by atoms with van der Waals surface area (Å²) in [5, 5.41) is 0.777. The van der Waals surface area contributed by atoms with Gasteiger partial charge in [0.15, 0.2) is 0 Å². The monoisotopic (exact) mass is 438 g/mol. The molecule has 0 atom stereocenters. The van der Waals surface area contributed by atoms with Crippen molar-refractivity contribution in [3.8, 4) is 11.1 Å². The Morgan fingerprint density at radius 3 is 2.16 bits per heavy atom. The molecule has 0 aliphatic heterocycles. The fourth-order valence-electron chi connectivity index (χ4n) is 3.63. The van der Waals surface area contributed by atoms with Crippen LogP contribution in [0.1, 0.15) is 16.1 Å². The van der Waals surface area contributed by atoms with Crippen molar-refractivity contribution in [1.82, 2.24) is 4.98 Å². The highest BCUT2D eigenvalue weighted by Crippen LogP contribution is 2.36. The maximum atomic E-state index is 13.1. The molecule has 4 rings (SSSR count). The molecule has 0 bridgehead atoms. The van der Waals surface area contributed by atoms with Crippen LogP contribution in [0, 0.1) is 0 Å². The van der Waals surface area contributed by atoms with Crippen LogP contribution >= 0.6 is 0 Å². The number of halogens is 3. The number of aromatic nitrogens is 1. The zero-order chi connectivity index (χ0) is 23.0. The summed E-state index contributed by atoms with van der Waals surface area (Å²) in [6.45, 7) is 0. The number of fused-ring (bicyclic) bond motifs is 1. The Morgan fingerprint density at radius 1 is 0.844 bits per heavy atom. The summed E-state index contributed by atoms with van der Waals surface area (Å²) in [6, 6.07) is 17.0. The summed E-state index contributed by atoms with van der Waals surface area (Å²) < 4.78 is 39.3. The molecule has 1 heterocycles. The molecule has 4 aromatic rings. The average Bonchev–Trinajstić information content (AvgIpc) is 3.14. The zero-order valence-corrected chi connectivity index (χ0v) is 16.5. The van der Waals surface area contributed by atoms with Gasteiger partial charge in [0.1, 0.15) is 5.69 Å². The van der Waals surface area contributed by atoms with Gasteiger partial charge in [0, 0.05) is 16.5 Å². The SMILES string of the molecule is NC(=O)c1[nH]c2ccccc2c1-c1ccc(N(C(N)=O)c2cccc(C(F)(F)F)c2)cc1. The fraction of sp³-hybridized carbons (Fsp3) is 0.0435. The predicted octanol–water partition coefficient (Wildman–Crippen LogP) is 5.17. The number of urea groups is 1. The van der Waals surface area contributed by atoms with Gasteiger partial charge in [-0.2, -0.15) is 13.2 Å². The molecule has 1 aromatic heterocycles. The first-order valence-electron chi connectivity index (χ1n) is 9.44. The highest BCUT2D eigenvalue weighted by atomic mass is 19.4. The average molecular weight is 438 g/mol. The molecule has 32 heavy (non-hydrogen) atoms. The first kappa shape index (κ1) is 21.0. The van der Waals surface area contributed by atoms with Crippen LogP contribution in [0.25, 0.3) is 22.0 Å². The normalized spacial score (nSPS) is 11.5. The number of nitrogens with two attached hydrogens (primary N) is 2. The predicted molar refractivity (Wildman–Crippen MR) is 115 cm³/mol. The van der Waals surface area contributed by atoms with Crippen LogP contribution in [0.15, 0.2) is 72.8 Å². The molecule has 3 aromatic carbocycles. The maximum absolute atomic E-state index is 13.1. The molecule has 9 heteroatoms. The lowest BCUT2D eigenvalue weighted by Crippen LogP contribution is -2.31. The van der Waals surface area contributed by atoms with Crippen LogP contribution in [-0.4, -0.2) is 16.9 Å². The van der Waals surface area contributed by atoms with Crippen molar-refractivity contribution in [2.24, 2.45) is 11.5 Å². The smallest absolute Gasteiger partial charge is 0.364 e. The van der Waals surface area contributed by atoms with Gasteiger partial charge in [0.05, 0.1) is 16.9 Å². The number of benzene rings is 3.